The highest BCUT2D eigenvalue weighted by molar-refractivity contribution is 5.46. The zero-order valence-corrected chi connectivity index (χ0v) is 11.5. The zero-order chi connectivity index (χ0) is 13.5. The Morgan fingerprint density at radius 1 is 1.20 bits per heavy atom. The van der Waals surface area contributed by atoms with Gasteiger partial charge in [-0.3, -0.25) is 9.80 Å². The number of nitrogens with two attached hydrogens (primary N) is 1. The van der Waals surface area contributed by atoms with E-state index in [9.17, 15) is 0 Å². The number of ether oxygens (including phenoxy) is 1. The van der Waals surface area contributed by atoms with Gasteiger partial charge in [-0.1, -0.05) is 0 Å². The molecule has 1 unspecified atom stereocenters. The van der Waals surface area contributed by atoms with E-state index >= 15 is 0 Å². The maximum absolute atomic E-state index is 5.63. The van der Waals surface area contributed by atoms with Crippen LogP contribution in [0, 0.1) is 0 Å². The topological polar surface area (TPSA) is 79.5 Å². The lowest BCUT2D eigenvalue weighted by Crippen LogP contribution is -2.57. The molecule has 4 aliphatic heterocycles. The molecule has 5 heterocycles. The first-order chi connectivity index (χ1) is 9.85. The van der Waals surface area contributed by atoms with Crippen molar-refractivity contribution in [3.05, 3.63) is 17.1 Å². The Labute approximate surface area is 118 Å². The summed E-state index contributed by atoms with van der Waals surface area (Å²) < 4.78 is 5.48. The molecule has 4 aliphatic rings. The van der Waals surface area contributed by atoms with Crippen LogP contribution in [0.4, 0.5) is 5.82 Å². The number of nitrogens with zero attached hydrogens (tertiary/aromatic N) is 4. The van der Waals surface area contributed by atoms with Crippen molar-refractivity contribution in [3.63, 3.8) is 0 Å². The quantitative estimate of drug-likeness (QED) is 0.557. The number of rotatable bonds is 2. The molecule has 0 amide bonds. The van der Waals surface area contributed by atoms with Crippen molar-refractivity contribution < 1.29 is 4.74 Å². The van der Waals surface area contributed by atoms with Crippen LogP contribution in [-0.4, -0.2) is 59.1 Å². The Morgan fingerprint density at radius 2 is 2.05 bits per heavy atom. The summed E-state index contributed by atoms with van der Waals surface area (Å²) in [5.41, 5.74) is 4.82. The minimum atomic E-state index is 0.303. The molecule has 0 aromatic carbocycles. The first kappa shape index (κ1) is 12.5. The molecule has 3 N–H and O–H groups in total. The van der Waals surface area contributed by atoms with E-state index in [1.807, 2.05) is 0 Å². The van der Waals surface area contributed by atoms with Crippen LogP contribution in [0.15, 0.2) is 0 Å². The highest BCUT2D eigenvalue weighted by Crippen LogP contribution is 2.30. The third kappa shape index (κ3) is 1.98. The molecule has 108 valence electrons. The average molecular weight is 276 g/mol. The number of nitrogens with one attached hydrogen (secondary N) is 1. The highest BCUT2D eigenvalue weighted by Gasteiger charge is 2.35. The number of aromatic nitrogens is 2. The van der Waals surface area contributed by atoms with Gasteiger partial charge in [0.1, 0.15) is 11.6 Å². The van der Waals surface area contributed by atoms with Crippen LogP contribution in [0.5, 0.6) is 0 Å². The lowest BCUT2D eigenvalue weighted by atomic mass is 10.1. The second kappa shape index (κ2) is 4.92. The standard InChI is InChI=1S/C13H20N6O/c14-17-12-9-8-20-6-1-10(9)15-13(16-12)11-7-18-2-4-19(11)5-3-18/h11H,1-8,14H2,(H,15,16,17). The molecule has 0 aliphatic carbocycles. The largest absolute Gasteiger partial charge is 0.376 e. The molecule has 1 atom stereocenters. The van der Waals surface area contributed by atoms with Gasteiger partial charge in [-0.05, 0) is 0 Å². The van der Waals surface area contributed by atoms with Crippen molar-refractivity contribution in [2.24, 2.45) is 5.84 Å². The van der Waals surface area contributed by atoms with Gasteiger partial charge in [0.25, 0.3) is 0 Å². The van der Waals surface area contributed by atoms with Crippen LogP contribution < -0.4 is 11.3 Å². The van der Waals surface area contributed by atoms with Crippen molar-refractivity contribution in [2.45, 2.75) is 19.1 Å². The second-order valence-electron chi connectivity index (χ2n) is 5.65. The summed E-state index contributed by atoms with van der Waals surface area (Å²) in [6.07, 6.45) is 0.843. The van der Waals surface area contributed by atoms with Gasteiger partial charge < -0.3 is 10.2 Å². The minimum Gasteiger partial charge on any atom is -0.376 e. The van der Waals surface area contributed by atoms with Gasteiger partial charge in [0, 0.05) is 44.7 Å². The van der Waals surface area contributed by atoms with E-state index in [4.69, 9.17) is 15.6 Å². The summed E-state index contributed by atoms with van der Waals surface area (Å²) in [5, 5.41) is 0. The molecule has 0 spiro atoms. The fraction of sp³-hybridized carbons (Fsp3) is 0.692. The van der Waals surface area contributed by atoms with Crippen molar-refractivity contribution in [1.29, 1.82) is 0 Å². The summed E-state index contributed by atoms with van der Waals surface area (Å²) in [6.45, 7) is 6.86. The molecule has 1 aromatic heterocycles. The third-order valence-corrected chi connectivity index (χ3v) is 4.55. The van der Waals surface area contributed by atoms with Gasteiger partial charge in [0.15, 0.2) is 0 Å². The first-order valence-electron chi connectivity index (χ1n) is 7.25. The van der Waals surface area contributed by atoms with Crippen LogP contribution >= 0.6 is 0 Å². The Balaban J connectivity index is 1.71. The molecule has 20 heavy (non-hydrogen) atoms. The molecule has 7 heteroatoms. The van der Waals surface area contributed by atoms with Gasteiger partial charge in [-0.15, -0.1) is 0 Å². The zero-order valence-electron chi connectivity index (χ0n) is 11.5. The van der Waals surface area contributed by atoms with Crippen LogP contribution in [0.2, 0.25) is 0 Å². The Kier molecular flexibility index (Phi) is 3.07. The molecule has 0 radical (unpaired) electrons. The van der Waals surface area contributed by atoms with E-state index in [-0.39, 0.29) is 0 Å². The smallest absolute Gasteiger partial charge is 0.149 e. The maximum atomic E-state index is 5.63. The maximum Gasteiger partial charge on any atom is 0.149 e. The van der Waals surface area contributed by atoms with Gasteiger partial charge in [0.05, 0.1) is 24.9 Å². The normalized spacial score (nSPS) is 31.9. The number of hydrogen-bond donors (Lipinski definition) is 2. The predicted octanol–water partition coefficient (Wildman–Crippen LogP) is -0.493. The van der Waals surface area contributed by atoms with Crippen LogP contribution in [0.3, 0.4) is 0 Å². The monoisotopic (exact) mass is 276 g/mol. The molecular formula is C13H20N6O. The number of piperazine rings is 3. The summed E-state index contributed by atoms with van der Waals surface area (Å²) in [5.74, 6) is 7.26. The van der Waals surface area contributed by atoms with Gasteiger partial charge >= 0.3 is 0 Å². The van der Waals surface area contributed by atoms with Crippen LogP contribution in [0.1, 0.15) is 23.1 Å². The summed E-state index contributed by atoms with van der Waals surface area (Å²) in [4.78, 5) is 14.4. The van der Waals surface area contributed by atoms with Crippen molar-refractivity contribution in [2.75, 3.05) is 44.8 Å². The number of hydrogen-bond acceptors (Lipinski definition) is 7. The Morgan fingerprint density at radius 3 is 2.75 bits per heavy atom. The average Bonchev–Trinajstić information content (AvgIpc) is 2.54. The lowest BCUT2D eigenvalue weighted by molar-refractivity contribution is 0.00838. The Bertz CT molecular complexity index is 497. The molecule has 3 saturated heterocycles. The summed E-state index contributed by atoms with van der Waals surface area (Å²) in [6, 6.07) is 0.303. The molecule has 3 fully saturated rings. The van der Waals surface area contributed by atoms with Gasteiger partial charge in [-0.25, -0.2) is 15.8 Å². The minimum absolute atomic E-state index is 0.303. The van der Waals surface area contributed by atoms with Crippen LogP contribution in [-0.2, 0) is 17.8 Å². The van der Waals surface area contributed by atoms with Crippen LogP contribution in [0.25, 0.3) is 0 Å². The second-order valence-corrected chi connectivity index (χ2v) is 5.65. The molecule has 7 nitrogen and oxygen atoms in total. The van der Waals surface area contributed by atoms with Gasteiger partial charge in [-0.2, -0.15) is 0 Å². The van der Waals surface area contributed by atoms with Crippen molar-refractivity contribution in [3.8, 4) is 0 Å². The highest BCUT2D eigenvalue weighted by atomic mass is 16.5. The number of nitrogen functional groups attached to an aromatic ring is 1. The van der Waals surface area contributed by atoms with Gasteiger partial charge in [0.2, 0.25) is 0 Å². The predicted molar refractivity (Wildman–Crippen MR) is 74.0 cm³/mol. The molecule has 2 bridgehead atoms. The van der Waals surface area contributed by atoms with E-state index < -0.39 is 0 Å². The SMILES string of the molecule is NNc1nc(C2CN3CCN2CC3)nc2c1COCC2. The molecular weight excluding hydrogens is 256 g/mol. The Hall–Kier alpha value is -1.28. The number of fused-ring (bicyclic) bond motifs is 4. The first-order valence-corrected chi connectivity index (χ1v) is 7.25. The number of hydrazine groups is 1. The van der Waals surface area contributed by atoms with E-state index in [1.165, 1.54) is 0 Å². The summed E-state index contributed by atoms with van der Waals surface area (Å²) in [7, 11) is 0. The molecule has 0 saturated carbocycles. The van der Waals surface area contributed by atoms with E-state index in [1.54, 1.807) is 0 Å². The summed E-state index contributed by atoms with van der Waals surface area (Å²) >= 11 is 0. The fourth-order valence-corrected chi connectivity index (χ4v) is 3.38. The lowest BCUT2D eigenvalue weighted by Gasteiger charge is -2.46. The van der Waals surface area contributed by atoms with E-state index in [2.05, 4.69) is 20.2 Å². The fourth-order valence-electron chi connectivity index (χ4n) is 3.38. The van der Waals surface area contributed by atoms with Crippen molar-refractivity contribution >= 4 is 5.82 Å². The molecule has 1 aromatic rings. The molecule has 5 rings (SSSR count). The van der Waals surface area contributed by atoms with E-state index in [0.29, 0.717) is 12.6 Å². The van der Waals surface area contributed by atoms with Crippen molar-refractivity contribution in [1.82, 2.24) is 19.8 Å². The third-order valence-electron chi connectivity index (χ3n) is 4.55. The number of anilines is 1. The van der Waals surface area contributed by atoms with E-state index in [0.717, 1.165) is 68.7 Å².